The van der Waals surface area contributed by atoms with Crippen molar-refractivity contribution >= 4 is 38.5 Å². The lowest BCUT2D eigenvalue weighted by atomic mass is 10.4. The van der Waals surface area contributed by atoms with Gasteiger partial charge in [0.2, 0.25) is 5.13 Å². The predicted molar refractivity (Wildman–Crippen MR) is 54.4 cm³/mol. The molecule has 2 heterocycles. The van der Waals surface area contributed by atoms with E-state index in [9.17, 15) is 4.79 Å². The normalized spacial score (nSPS) is 10.3. The molecule has 15 heavy (non-hydrogen) atoms. The minimum atomic E-state index is -0.368. The van der Waals surface area contributed by atoms with Crippen molar-refractivity contribution in [2.24, 2.45) is 7.05 Å². The van der Waals surface area contributed by atoms with Crippen molar-refractivity contribution in [1.82, 2.24) is 29.8 Å². The van der Waals surface area contributed by atoms with Crippen LogP contribution in [-0.2, 0) is 7.05 Å². The summed E-state index contributed by atoms with van der Waals surface area (Å²) in [7, 11) is 1.62. The second kappa shape index (κ2) is 3.98. The maximum absolute atomic E-state index is 11.7. The average Bonchev–Trinajstić information content (AvgIpc) is 2.77. The van der Waals surface area contributed by atoms with Crippen LogP contribution in [0.1, 0.15) is 10.5 Å². The molecule has 0 saturated carbocycles. The topological polar surface area (TPSA) is 98.5 Å². The molecule has 8 nitrogen and oxygen atoms in total. The summed E-state index contributed by atoms with van der Waals surface area (Å²) in [4.78, 5) is 11.7. The maximum Gasteiger partial charge on any atom is 0.278 e. The SMILES string of the molecule is Cn1nnc(Br)c1C(=O)Nc1nnns1. The van der Waals surface area contributed by atoms with Crippen LogP contribution >= 0.6 is 27.5 Å². The highest BCUT2D eigenvalue weighted by atomic mass is 79.9. The Balaban J connectivity index is 2.22. The van der Waals surface area contributed by atoms with E-state index in [2.05, 4.69) is 46.4 Å². The second-order valence-electron chi connectivity index (χ2n) is 2.47. The second-order valence-corrected chi connectivity index (χ2v) is 3.96. The number of anilines is 1. The van der Waals surface area contributed by atoms with Crippen LogP contribution in [-0.4, -0.2) is 35.7 Å². The monoisotopic (exact) mass is 289 g/mol. The third kappa shape index (κ3) is 1.99. The van der Waals surface area contributed by atoms with Crippen LogP contribution < -0.4 is 5.32 Å². The molecule has 0 atom stereocenters. The van der Waals surface area contributed by atoms with Crippen molar-refractivity contribution in [2.45, 2.75) is 0 Å². The highest BCUT2D eigenvalue weighted by molar-refractivity contribution is 9.10. The van der Waals surface area contributed by atoms with E-state index < -0.39 is 0 Å². The molecule has 10 heteroatoms. The van der Waals surface area contributed by atoms with Gasteiger partial charge in [-0.05, 0) is 21.1 Å². The van der Waals surface area contributed by atoms with Gasteiger partial charge in [0.1, 0.15) is 0 Å². The Morgan fingerprint density at radius 3 is 2.87 bits per heavy atom. The summed E-state index contributed by atoms with van der Waals surface area (Å²) in [6.07, 6.45) is 0. The Morgan fingerprint density at radius 1 is 1.53 bits per heavy atom. The fourth-order valence-electron chi connectivity index (χ4n) is 0.911. The van der Waals surface area contributed by atoms with E-state index in [1.165, 1.54) is 4.68 Å². The van der Waals surface area contributed by atoms with Crippen molar-refractivity contribution in [3.8, 4) is 0 Å². The zero-order chi connectivity index (χ0) is 10.8. The highest BCUT2D eigenvalue weighted by Gasteiger charge is 2.17. The number of halogens is 1. The number of nitrogens with one attached hydrogen (secondary N) is 1. The summed E-state index contributed by atoms with van der Waals surface area (Å²) in [6, 6.07) is 0. The summed E-state index contributed by atoms with van der Waals surface area (Å²) in [5.41, 5.74) is 0.310. The van der Waals surface area contributed by atoms with Crippen LogP contribution in [0.2, 0.25) is 0 Å². The van der Waals surface area contributed by atoms with Crippen LogP contribution in [0, 0.1) is 0 Å². The Kier molecular flexibility index (Phi) is 2.68. The number of aryl methyl sites for hydroxylation is 1. The average molecular weight is 290 g/mol. The van der Waals surface area contributed by atoms with Gasteiger partial charge in [-0.15, -0.1) is 5.10 Å². The van der Waals surface area contributed by atoms with Gasteiger partial charge in [-0.3, -0.25) is 10.1 Å². The Morgan fingerprint density at radius 2 is 2.33 bits per heavy atom. The molecule has 0 aromatic carbocycles. The molecule has 0 saturated heterocycles. The molecule has 0 fully saturated rings. The molecule has 1 amide bonds. The largest absolute Gasteiger partial charge is 0.294 e. The maximum atomic E-state index is 11.7. The van der Waals surface area contributed by atoms with Crippen LogP contribution in [0.5, 0.6) is 0 Å². The van der Waals surface area contributed by atoms with Crippen molar-refractivity contribution in [1.29, 1.82) is 0 Å². The zero-order valence-electron chi connectivity index (χ0n) is 7.38. The molecule has 1 N–H and O–H groups in total. The van der Waals surface area contributed by atoms with Crippen molar-refractivity contribution in [2.75, 3.05) is 5.32 Å². The number of carbonyl (C=O) groups excluding carboxylic acids is 1. The zero-order valence-corrected chi connectivity index (χ0v) is 9.78. The van der Waals surface area contributed by atoms with E-state index >= 15 is 0 Å². The molecule has 0 spiro atoms. The fraction of sp³-hybridized carbons (Fsp3) is 0.200. The summed E-state index contributed by atoms with van der Waals surface area (Å²) in [6.45, 7) is 0. The molecule has 0 radical (unpaired) electrons. The molecule has 2 aromatic rings. The Bertz CT molecular complexity index is 460. The first-order valence-electron chi connectivity index (χ1n) is 3.70. The lowest BCUT2D eigenvalue weighted by molar-refractivity contribution is 0.101. The van der Waals surface area contributed by atoms with E-state index in [1.807, 2.05) is 0 Å². The lowest BCUT2D eigenvalue weighted by Gasteiger charge is -1.99. The molecular formula is C5H4BrN7OS. The molecule has 0 aliphatic carbocycles. The number of aromatic nitrogens is 6. The van der Waals surface area contributed by atoms with E-state index in [0.29, 0.717) is 15.4 Å². The molecule has 0 bridgehead atoms. The van der Waals surface area contributed by atoms with Crippen molar-refractivity contribution in [3.63, 3.8) is 0 Å². The smallest absolute Gasteiger partial charge is 0.278 e. The highest BCUT2D eigenvalue weighted by Crippen LogP contribution is 2.14. The van der Waals surface area contributed by atoms with Gasteiger partial charge in [0.05, 0.1) is 0 Å². The molecule has 0 aliphatic heterocycles. The van der Waals surface area contributed by atoms with Gasteiger partial charge in [0.25, 0.3) is 5.91 Å². The predicted octanol–water partition coefficient (Wildman–Crippen LogP) is 0.0764. The Hall–Kier alpha value is -1.42. The number of nitrogens with zero attached hydrogens (tertiary/aromatic N) is 6. The van der Waals surface area contributed by atoms with Crippen LogP contribution in [0.15, 0.2) is 4.60 Å². The van der Waals surface area contributed by atoms with Crippen molar-refractivity contribution < 1.29 is 4.79 Å². The quantitative estimate of drug-likeness (QED) is 0.840. The summed E-state index contributed by atoms with van der Waals surface area (Å²) in [5.74, 6) is -0.368. The minimum absolute atomic E-state index is 0.310. The van der Waals surface area contributed by atoms with E-state index in [0.717, 1.165) is 11.5 Å². The number of carbonyl (C=O) groups is 1. The first kappa shape index (κ1) is 10.1. The molecule has 2 rings (SSSR count). The molecule has 0 unspecified atom stereocenters. The summed E-state index contributed by atoms with van der Waals surface area (Å²) in [5, 5.41) is 17.2. The van der Waals surface area contributed by atoms with Crippen LogP contribution in [0.4, 0.5) is 5.13 Å². The van der Waals surface area contributed by atoms with Gasteiger partial charge in [-0.25, -0.2) is 4.68 Å². The van der Waals surface area contributed by atoms with E-state index in [4.69, 9.17) is 0 Å². The van der Waals surface area contributed by atoms with Crippen molar-refractivity contribution in [3.05, 3.63) is 10.3 Å². The third-order valence-electron chi connectivity index (χ3n) is 1.52. The molecule has 0 aliphatic rings. The summed E-state index contributed by atoms with van der Waals surface area (Å²) < 4.78 is 5.25. The van der Waals surface area contributed by atoms with Gasteiger partial charge in [0.15, 0.2) is 10.3 Å². The third-order valence-corrected chi connectivity index (χ3v) is 2.57. The van der Waals surface area contributed by atoms with Gasteiger partial charge in [-0.2, -0.15) is 0 Å². The number of hydrogen-bond donors (Lipinski definition) is 1. The number of rotatable bonds is 2. The van der Waals surface area contributed by atoms with E-state index in [1.54, 1.807) is 7.05 Å². The summed E-state index contributed by atoms with van der Waals surface area (Å²) >= 11 is 4.11. The van der Waals surface area contributed by atoms with Crippen LogP contribution in [0.3, 0.4) is 0 Å². The standard InChI is InChI=1S/C5H4BrN7OS/c1-13-2(3(6)8-11-13)4(14)7-5-9-10-12-15-5/h1H3,(H,7,9,12,14). The van der Waals surface area contributed by atoms with Gasteiger partial charge >= 0.3 is 0 Å². The first-order chi connectivity index (χ1) is 7.18. The van der Waals surface area contributed by atoms with Gasteiger partial charge < -0.3 is 0 Å². The number of hydrogen-bond acceptors (Lipinski definition) is 7. The first-order valence-corrected chi connectivity index (χ1v) is 5.26. The molecular weight excluding hydrogens is 286 g/mol. The lowest BCUT2D eigenvalue weighted by Crippen LogP contribution is -2.16. The molecule has 2 aromatic heterocycles. The van der Waals surface area contributed by atoms with Gasteiger partial charge in [-0.1, -0.05) is 14.8 Å². The Labute approximate surface area is 96.0 Å². The minimum Gasteiger partial charge on any atom is -0.294 e. The number of amides is 1. The molecule has 78 valence electrons. The van der Waals surface area contributed by atoms with Gasteiger partial charge in [0, 0.05) is 18.6 Å². The van der Waals surface area contributed by atoms with E-state index in [-0.39, 0.29) is 5.91 Å². The van der Waals surface area contributed by atoms with Crippen LogP contribution in [0.25, 0.3) is 0 Å². The fourth-order valence-corrected chi connectivity index (χ4v) is 1.78.